The number of alkyl halides is 3. The molecule has 1 aromatic rings. The zero-order chi connectivity index (χ0) is 19.5. The van der Waals surface area contributed by atoms with E-state index in [9.17, 15) is 22.8 Å². The van der Waals surface area contributed by atoms with Crippen molar-refractivity contribution in [2.24, 2.45) is 0 Å². The first-order valence-electron chi connectivity index (χ1n) is 7.20. The molecule has 0 fully saturated rings. The molecular weight excluding hydrogens is 425 g/mol. The second kappa shape index (κ2) is 7.96. The highest BCUT2D eigenvalue weighted by Crippen LogP contribution is 2.35. The Bertz CT molecular complexity index is 751. The molecular formula is C15H14BrF3N2O5. The second-order valence-electron chi connectivity index (χ2n) is 5.11. The number of rotatable bonds is 6. The molecule has 0 spiro atoms. The number of carbonyl (C=O) groups excluding carboxylic acids is 2. The molecule has 1 aromatic carbocycles. The summed E-state index contributed by atoms with van der Waals surface area (Å²) >= 11 is 3.04. The highest BCUT2D eigenvalue weighted by Gasteiger charge is 2.36. The fraction of sp³-hybridized carbons (Fsp3) is 0.333. The Labute approximate surface area is 154 Å². The largest absolute Gasteiger partial charge is 0.573 e. The molecule has 142 valence electrons. The Morgan fingerprint density at radius 1 is 1.42 bits per heavy atom. The van der Waals surface area contributed by atoms with Gasteiger partial charge in [-0.25, -0.2) is 4.79 Å². The molecule has 0 aromatic heterocycles. The van der Waals surface area contributed by atoms with Crippen LogP contribution in [0, 0.1) is 0 Å². The van der Waals surface area contributed by atoms with E-state index in [0.29, 0.717) is 4.47 Å². The van der Waals surface area contributed by atoms with Gasteiger partial charge < -0.3 is 24.8 Å². The summed E-state index contributed by atoms with van der Waals surface area (Å²) in [6, 6.07) is 3.77. The molecule has 1 aliphatic rings. The number of hydrogen-bond donors (Lipinski definition) is 2. The molecule has 11 heteroatoms. The minimum absolute atomic E-state index is 0.0449. The lowest BCUT2D eigenvalue weighted by molar-refractivity contribution is -0.274. The van der Waals surface area contributed by atoms with Crippen LogP contribution in [0.4, 0.5) is 18.9 Å². The standard InChI is InChI=1S/C15H14BrF3N2O5/c1-25-14(24)9-7-21(4-5-22)13(23)12(9)20-10-3-2-8(16)6-11(10)26-15(17,18)19/h2-3,6,20,22H,4-5,7H2,1H3. The fourth-order valence-electron chi connectivity index (χ4n) is 2.29. The van der Waals surface area contributed by atoms with Gasteiger partial charge in [-0.05, 0) is 18.2 Å². The molecule has 7 nitrogen and oxygen atoms in total. The Balaban J connectivity index is 2.40. The molecule has 26 heavy (non-hydrogen) atoms. The molecule has 0 radical (unpaired) electrons. The monoisotopic (exact) mass is 438 g/mol. The number of esters is 1. The maximum atomic E-state index is 12.6. The van der Waals surface area contributed by atoms with Crippen molar-refractivity contribution in [1.29, 1.82) is 0 Å². The number of hydrogen-bond acceptors (Lipinski definition) is 6. The molecule has 0 unspecified atom stereocenters. The van der Waals surface area contributed by atoms with Crippen LogP contribution in [0.25, 0.3) is 0 Å². The first kappa shape index (κ1) is 20.0. The number of amides is 1. The van der Waals surface area contributed by atoms with Gasteiger partial charge in [0.1, 0.15) is 5.70 Å². The first-order chi connectivity index (χ1) is 12.2. The summed E-state index contributed by atoms with van der Waals surface area (Å²) in [7, 11) is 1.12. The summed E-state index contributed by atoms with van der Waals surface area (Å²) in [4.78, 5) is 25.5. The van der Waals surface area contributed by atoms with Crippen LogP contribution in [0.5, 0.6) is 5.75 Å². The van der Waals surface area contributed by atoms with E-state index in [-0.39, 0.29) is 36.7 Å². The van der Waals surface area contributed by atoms with Crippen molar-refractivity contribution in [2.45, 2.75) is 6.36 Å². The van der Waals surface area contributed by atoms with Gasteiger partial charge >= 0.3 is 12.3 Å². The van der Waals surface area contributed by atoms with E-state index >= 15 is 0 Å². The number of β-amino-alcohol motifs (C(OH)–C–C–N with tert-alkyl or cyclic N) is 1. The van der Waals surface area contributed by atoms with Crippen molar-refractivity contribution < 1.29 is 37.3 Å². The molecule has 1 aliphatic heterocycles. The van der Waals surface area contributed by atoms with Gasteiger partial charge in [-0.1, -0.05) is 15.9 Å². The highest BCUT2D eigenvalue weighted by molar-refractivity contribution is 9.10. The number of ether oxygens (including phenoxy) is 2. The normalized spacial score (nSPS) is 14.7. The Hall–Kier alpha value is -2.27. The van der Waals surface area contributed by atoms with Crippen LogP contribution in [0.15, 0.2) is 33.9 Å². The number of aliphatic hydroxyl groups is 1. The zero-order valence-corrected chi connectivity index (χ0v) is 15.0. The van der Waals surface area contributed by atoms with E-state index in [1.165, 1.54) is 12.1 Å². The number of aliphatic hydroxyl groups excluding tert-OH is 1. The third kappa shape index (κ3) is 4.67. The Morgan fingerprint density at radius 2 is 2.12 bits per heavy atom. The smallest absolute Gasteiger partial charge is 0.466 e. The van der Waals surface area contributed by atoms with E-state index < -0.39 is 24.0 Å². The lowest BCUT2D eigenvalue weighted by Gasteiger charge is -2.17. The van der Waals surface area contributed by atoms with Crippen molar-refractivity contribution in [3.05, 3.63) is 33.9 Å². The third-order valence-corrected chi connectivity index (χ3v) is 3.88. The summed E-state index contributed by atoms with van der Waals surface area (Å²) in [5.41, 5.74) is -0.465. The van der Waals surface area contributed by atoms with Gasteiger partial charge in [-0.3, -0.25) is 4.79 Å². The number of carbonyl (C=O) groups is 2. The molecule has 0 saturated carbocycles. The first-order valence-corrected chi connectivity index (χ1v) is 7.99. The SMILES string of the molecule is COC(=O)C1=C(Nc2ccc(Br)cc2OC(F)(F)F)C(=O)N(CCO)C1. The van der Waals surface area contributed by atoms with Gasteiger partial charge in [-0.2, -0.15) is 0 Å². The Morgan fingerprint density at radius 3 is 2.69 bits per heavy atom. The fourth-order valence-corrected chi connectivity index (χ4v) is 2.63. The lowest BCUT2D eigenvalue weighted by Crippen LogP contribution is -2.31. The van der Waals surface area contributed by atoms with Gasteiger partial charge in [0, 0.05) is 11.0 Å². The number of methoxy groups -OCH3 is 1. The summed E-state index contributed by atoms with van der Waals surface area (Å²) in [6.07, 6.45) is -4.95. The van der Waals surface area contributed by atoms with E-state index in [1.54, 1.807) is 0 Å². The number of nitrogens with zero attached hydrogens (tertiary/aromatic N) is 1. The summed E-state index contributed by atoms with van der Waals surface area (Å²) in [6.45, 7) is -0.522. The summed E-state index contributed by atoms with van der Waals surface area (Å²) < 4.78 is 46.7. The van der Waals surface area contributed by atoms with E-state index in [4.69, 9.17) is 5.11 Å². The van der Waals surface area contributed by atoms with E-state index in [1.807, 2.05) is 0 Å². The summed E-state index contributed by atoms with van der Waals surface area (Å²) in [5.74, 6) is -2.05. The maximum absolute atomic E-state index is 12.6. The van der Waals surface area contributed by atoms with Crippen LogP contribution >= 0.6 is 15.9 Å². The van der Waals surface area contributed by atoms with Gasteiger partial charge in [0.15, 0.2) is 5.75 Å². The highest BCUT2D eigenvalue weighted by atomic mass is 79.9. The van der Waals surface area contributed by atoms with Crippen molar-refractivity contribution in [3.8, 4) is 5.75 Å². The molecule has 0 bridgehead atoms. The average Bonchev–Trinajstić information content (AvgIpc) is 2.85. The van der Waals surface area contributed by atoms with Crippen molar-refractivity contribution >= 4 is 33.5 Å². The van der Waals surface area contributed by atoms with Crippen LogP contribution in [0.1, 0.15) is 0 Å². The predicted molar refractivity (Wildman–Crippen MR) is 87.2 cm³/mol. The van der Waals surface area contributed by atoms with Crippen LogP contribution in [0.3, 0.4) is 0 Å². The third-order valence-electron chi connectivity index (χ3n) is 3.38. The minimum Gasteiger partial charge on any atom is -0.466 e. The molecule has 0 saturated heterocycles. The molecule has 2 N–H and O–H groups in total. The molecule has 0 aliphatic carbocycles. The van der Waals surface area contributed by atoms with Crippen LogP contribution in [0.2, 0.25) is 0 Å². The average molecular weight is 439 g/mol. The number of halogens is 4. The molecule has 0 atom stereocenters. The topological polar surface area (TPSA) is 88.1 Å². The maximum Gasteiger partial charge on any atom is 0.573 e. The minimum atomic E-state index is -4.95. The predicted octanol–water partition coefficient (Wildman–Crippen LogP) is 2.02. The number of benzene rings is 1. The number of anilines is 1. The van der Waals surface area contributed by atoms with Crippen LogP contribution in [-0.2, 0) is 14.3 Å². The van der Waals surface area contributed by atoms with Gasteiger partial charge in [0.25, 0.3) is 5.91 Å². The van der Waals surface area contributed by atoms with Crippen molar-refractivity contribution in [1.82, 2.24) is 4.90 Å². The van der Waals surface area contributed by atoms with E-state index in [0.717, 1.165) is 18.1 Å². The Kier molecular flexibility index (Phi) is 6.13. The van der Waals surface area contributed by atoms with Gasteiger partial charge in [-0.15, -0.1) is 13.2 Å². The van der Waals surface area contributed by atoms with E-state index in [2.05, 4.69) is 30.7 Å². The van der Waals surface area contributed by atoms with Crippen molar-refractivity contribution in [3.63, 3.8) is 0 Å². The van der Waals surface area contributed by atoms with Gasteiger partial charge in [0.2, 0.25) is 0 Å². The zero-order valence-electron chi connectivity index (χ0n) is 13.4. The van der Waals surface area contributed by atoms with Crippen molar-refractivity contribution in [2.75, 3.05) is 32.1 Å². The molecule has 1 amide bonds. The van der Waals surface area contributed by atoms with Gasteiger partial charge in [0.05, 0.1) is 31.5 Å². The molecule has 2 rings (SSSR count). The quantitative estimate of drug-likeness (QED) is 0.660. The summed E-state index contributed by atoms with van der Waals surface area (Å²) in [5, 5.41) is 11.5. The van der Waals surface area contributed by atoms with Crippen LogP contribution in [-0.4, -0.2) is 55.1 Å². The van der Waals surface area contributed by atoms with Crippen LogP contribution < -0.4 is 10.1 Å². The second-order valence-corrected chi connectivity index (χ2v) is 6.02. The lowest BCUT2D eigenvalue weighted by atomic mass is 10.2. The number of nitrogens with one attached hydrogen (secondary N) is 1. The molecule has 1 heterocycles.